The molecule has 1 aromatic rings. The van der Waals surface area contributed by atoms with Crippen molar-refractivity contribution in [3.63, 3.8) is 0 Å². The standard InChI is InChI=1S/C21H32N2O2/c1-21(2)13-17(24)19-18(14-21)25-20(22-15-9-5-3-6-10-15)23(19)16-11-7-4-8-12-16/h15-16H,3-14H2,1-2H3. The second-order valence-electron chi connectivity index (χ2n) is 9.18. The Morgan fingerprint density at radius 1 is 0.960 bits per heavy atom. The zero-order valence-corrected chi connectivity index (χ0v) is 15.9. The summed E-state index contributed by atoms with van der Waals surface area (Å²) >= 11 is 0. The van der Waals surface area contributed by atoms with E-state index < -0.39 is 0 Å². The highest BCUT2D eigenvalue weighted by Gasteiger charge is 2.38. The lowest BCUT2D eigenvalue weighted by Gasteiger charge is -2.29. The Morgan fingerprint density at radius 3 is 2.28 bits per heavy atom. The summed E-state index contributed by atoms with van der Waals surface area (Å²) in [5.41, 5.74) is 1.59. The third kappa shape index (κ3) is 3.50. The number of rotatable bonds is 2. The number of aromatic nitrogens is 1. The summed E-state index contributed by atoms with van der Waals surface area (Å²) in [6, 6.07) is 0.771. The zero-order chi connectivity index (χ0) is 17.4. The number of oxazole rings is 1. The van der Waals surface area contributed by atoms with Gasteiger partial charge in [-0.3, -0.25) is 9.36 Å². The smallest absolute Gasteiger partial charge is 0.297 e. The molecule has 2 fully saturated rings. The maximum absolute atomic E-state index is 12.9. The summed E-state index contributed by atoms with van der Waals surface area (Å²) in [6.45, 7) is 4.33. The SMILES string of the molecule is CC1(C)CC(=O)c2c(oc(=NC3CCCCC3)n2C2CCCCC2)C1. The number of Topliss-reactive ketones (excluding diaryl/α,β-unsaturated/α-hetero) is 1. The maximum atomic E-state index is 12.9. The van der Waals surface area contributed by atoms with E-state index in [1.807, 2.05) is 0 Å². The Labute approximate surface area is 150 Å². The molecule has 3 aliphatic carbocycles. The topological polar surface area (TPSA) is 47.5 Å². The molecule has 25 heavy (non-hydrogen) atoms. The van der Waals surface area contributed by atoms with Crippen molar-refractivity contribution >= 4 is 5.78 Å². The lowest BCUT2D eigenvalue weighted by Crippen LogP contribution is -2.32. The van der Waals surface area contributed by atoms with Gasteiger partial charge in [-0.15, -0.1) is 0 Å². The molecule has 0 N–H and O–H groups in total. The van der Waals surface area contributed by atoms with Gasteiger partial charge in [0.1, 0.15) is 11.5 Å². The third-order valence-electron chi connectivity index (χ3n) is 6.28. The largest absolute Gasteiger partial charge is 0.428 e. The summed E-state index contributed by atoms with van der Waals surface area (Å²) in [6.07, 6.45) is 13.8. The molecule has 0 bridgehead atoms. The lowest BCUT2D eigenvalue weighted by atomic mass is 9.77. The minimum atomic E-state index is -0.00552. The van der Waals surface area contributed by atoms with Gasteiger partial charge >= 0.3 is 0 Å². The van der Waals surface area contributed by atoms with E-state index in [1.165, 1.54) is 38.5 Å². The molecule has 0 aromatic carbocycles. The molecule has 4 heteroatoms. The molecule has 1 aromatic heterocycles. The number of carbonyl (C=O) groups excluding carboxylic acids is 1. The van der Waals surface area contributed by atoms with Crippen LogP contribution in [0.15, 0.2) is 9.41 Å². The van der Waals surface area contributed by atoms with E-state index in [9.17, 15) is 4.79 Å². The van der Waals surface area contributed by atoms with Crippen molar-refractivity contribution in [3.8, 4) is 0 Å². The summed E-state index contributed by atoms with van der Waals surface area (Å²) in [7, 11) is 0. The number of carbonyl (C=O) groups is 1. The van der Waals surface area contributed by atoms with Gasteiger partial charge < -0.3 is 4.42 Å². The fraction of sp³-hybridized carbons (Fsp3) is 0.810. The van der Waals surface area contributed by atoms with Crippen molar-refractivity contribution in [1.82, 2.24) is 4.57 Å². The number of nitrogens with zero attached hydrogens (tertiary/aromatic N) is 2. The molecule has 138 valence electrons. The Bertz CT molecular complexity index is 698. The molecule has 0 atom stereocenters. The van der Waals surface area contributed by atoms with Gasteiger partial charge in [-0.05, 0) is 31.1 Å². The van der Waals surface area contributed by atoms with Crippen LogP contribution in [0.2, 0.25) is 0 Å². The van der Waals surface area contributed by atoms with E-state index in [2.05, 4.69) is 18.4 Å². The van der Waals surface area contributed by atoms with Crippen LogP contribution in [0.3, 0.4) is 0 Å². The highest BCUT2D eigenvalue weighted by molar-refractivity contribution is 5.97. The summed E-state index contributed by atoms with van der Waals surface area (Å²) in [5, 5.41) is 0. The Morgan fingerprint density at radius 2 is 1.60 bits per heavy atom. The molecule has 0 amide bonds. The fourth-order valence-corrected chi connectivity index (χ4v) is 5.00. The van der Waals surface area contributed by atoms with E-state index in [0.29, 0.717) is 18.5 Å². The molecule has 0 unspecified atom stereocenters. The minimum Gasteiger partial charge on any atom is -0.428 e. The van der Waals surface area contributed by atoms with Crippen LogP contribution >= 0.6 is 0 Å². The maximum Gasteiger partial charge on any atom is 0.297 e. The van der Waals surface area contributed by atoms with E-state index in [1.54, 1.807) is 0 Å². The van der Waals surface area contributed by atoms with Crippen molar-refractivity contribution in [2.75, 3.05) is 0 Å². The molecular weight excluding hydrogens is 312 g/mol. The molecule has 0 aliphatic heterocycles. The fourth-order valence-electron chi connectivity index (χ4n) is 5.00. The predicted molar refractivity (Wildman–Crippen MR) is 97.7 cm³/mol. The van der Waals surface area contributed by atoms with Crippen molar-refractivity contribution in [1.29, 1.82) is 0 Å². The molecule has 4 nitrogen and oxygen atoms in total. The van der Waals surface area contributed by atoms with E-state index >= 15 is 0 Å². The monoisotopic (exact) mass is 344 g/mol. The summed E-state index contributed by atoms with van der Waals surface area (Å²) in [4.78, 5) is 18.0. The van der Waals surface area contributed by atoms with Crippen molar-refractivity contribution in [2.24, 2.45) is 10.4 Å². The van der Waals surface area contributed by atoms with Gasteiger partial charge in [0.2, 0.25) is 0 Å². The molecule has 0 saturated heterocycles. The van der Waals surface area contributed by atoms with Crippen LogP contribution in [0.5, 0.6) is 0 Å². The van der Waals surface area contributed by atoms with Gasteiger partial charge in [-0.25, -0.2) is 4.99 Å². The summed E-state index contributed by atoms with van der Waals surface area (Å²) in [5.74, 6) is 1.15. The molecule has 4 rings (SSSR count). The van der Waals surface area contributed by atoms with Crippen molar-refractivity contribution in [3.05, 3.63) is 17.1 Å². The number of fused-ring (bicyclic) bond motifs is 1. The van der Waals surface area contributed by atoms with E-state index in [4.69, 9.17) is 9.41 Å². The second-order valence-corrected chi connectivity index (χ2v) is 9.18. The van der Waals surface area contributed by atoms with Crippen LogP contribution in [-0.4, -0.2) is 16.4 Å². The third-order valence-corrected chi connectivity index (χ3v) is 6.28. The van der Waals surface area contributed by atoms with Crippen molar-refractivity contribution < 1.29 is 9.21 Å². The number of hydrogen-bond acceptors (Lipinski definition) is 3. The second kappa shape index (κ2) is 6.77. The highest BCUT2D eigenvalue weighted by atomic mass is 16.4. The molecule has 3 aliphatic rings. The molecule has 2 saturated carbocycles. The first-order valence-electron chi connectivity index (χ1n) is 10.3. The molecule has 0 radical (unpaired) electrons. The van der Waals surface area contributed by atoms with Gasteiger partial charge in [0.15, 0.2) is 5.78 Å². The molecule has 0 spiro atoms. The number of hydrogen-bond donors (Lipinski definition) is 0. The van der Waals surface area contributed by atoms with Gasteiger partial charge in [-0.2, -0.15) is 0 Å². The minimum absolute atomic E-state index is 0.00552. The van der Waals surface area contributed by atoms with Crippen LogP contribution < -0.4 is 5.68 Å². The van der Waals surface area contributed by atoms with Crippen LogP contribution in [0.25, 0.3) is 0 Å². The predicted octanol–water partition coefficient (Wildman–Crippen LogP) is 4.97. The Balaban J connectivity index is 1.79. The quantitative estimate of drug-likeness (QED) is 0.760. The van der Waals surface area contributed by atoms with Gasteiger partial charge in [0.25, 0.3) is 5.68 Å². The van der Waals surface area contributed by atoms with Crippen molar-refractivity contribution in [2.45, 2.75) is 103 Å². The van der Waals surface area contributed by atoms with Crippen LogP contribution in [-0.2, 0) is 6.42 Å². The van der Waals surface area contributed by atoms with E-state index in [-0.39, 0.29) is 11.2 Å². The summed E-state index contributed by atoms with van der Waals surface area (Å²) < 4.78 is 8.50. The molecule has 1 heterocycles. The Kier molecular flexibility index (Phi) is 4.63. The Hall–Kier alpha value is -1.32. The average Bonchev–Trinajstić information content (AvgIpc) is 2.93. The molecular formula is C21H32N2O2. The normalized spacial score (nSPS) is 26.0. The zero-order valence-electron chi connectivity index (χ0n) is 15.9. The number of ketones is 1. The first kappa shape index (κ1) is 17.1. The first-order chi connectivity index (χ1) is 12.0. The van der Waals surface area contributed by atoms with Crippen LogP contribution in [0, 0.1) is 5.41 Å². The van der Waals surface area contributed by atoms with Crippen LogP contribution in [0.1, 0.15) is 107 Å². The van der Waals surface area contributed by atoms with Gasteiger partial charge in [0, 0.05) is 18.9 Å². The average molecular weight is 344 g/mol. The van der Waals surface area contributed by atoms with Crippen LogP contribution in [0.4, 0.5) is 0 Å². The first-order valence-corrected chi connectivity index (χ1v) is 10.3. The van der Waals surface area contributed by atoms with Gasteiger partial charge in [0.05, 0.1) is 6.04 Å². The lowest BCUT2D eigenvalue weighted by molar-refractivity contribution is 0.0891. The van der Waals surface area contributed by atoms with Gasteiger partial charge in [-0.1, -0.05) is 52.4 Å². The van der Waals surface area contributed by atoms with E-state index in [0.717, 1.165) is 49.2 Å². The highest BCUT2D eigenvalue weighted by Crippen LogP contribution is 2.37.